The fourth-order valence-electron chi connectivity index (χ4n) is 1.09. The molecule has 0 unspecified atom stereocenters. The molecule has 0 bridgehead atoms. The van der Waals surface area contributed by atoms with Crippen molar-refractivity contribution >= 4 is 17.3 Å². The van der Waals surface area contributed by atoms with Crippen LogP contribution in [0, 0.1) is 6.92 Å². The number of ether oxygens (including phenoxy) is 1. The van der Waals surface area contributed by atoms with Crippen LogP contribution in [0.2, 0.25) is 0 Å². The number of aryl methyl sites for hydroxylation is 1. The van der Waals surface area contributed by atoms with Gasteiger partial charge in [0.25, 0.3) is 0 Å². The number of nitrogens with one attached hydrogen (secondary N) is 1. The molecule has 0 aromatic carbocycles. The number of thiazole rings is 1. The third-order valence-electron chi connectivity index (χ3n) is 1.80. The number of carbonyl (C=O) groups is 1. The van der Waals surface area contributed by atoms with Crippen molar-refractivity contribution in [2.24, 2.45) is 0 Å². The number of H-pyrrole nitrogens is 1. The van der Waals surface area contributed by atoms with E-state index in [1.165, 1.54) is 18.4 Å². The summed E-state index contributed by atoms with van der Waals surface area (Å²) < 4.78 is 4.64. The van der Waals surface area contributed by atoms with E-state index in [4.69, 9.17) is 0 Å². The van der Waals surface area contributed by atoms with Gasteiger partial charge in [0.2, 0.25) is 0 Å². The van der Waals surface area contributed by atoms with Gasteiger partial charge in [-0.05, 0) is 6.92 Å². The zero-order chi connectivity index (χ0) is 10.8. The number of esters is 1. The summed E-state index contributed by atoms with van der Waals surface area (Å²) in [6, 6.07) is 0. The number of carbonyl (C=O) groups excluding carboxylic acids is 1. The number of hydrogen-bond donors (Lipinski definition) is 1. The van der Waals surface area contributed by atoms with Crippen molar-refractivity contribution < 1.29 is 9.53 Å². The lowest BCUT2D eigenvalue weighted by Crippen LogP contribution is -1.99. The molecule has 78 valence electrons. The molecule has 0 saturated carbocycles. The maximum Gasteiger partial charge on any atom is 0.349 e. The summed E-state index contributed by atoms with van der Waals surface area (Å²) in [6.45, 7) is 1.76. The lowest BCUT2D eigenvalue weighted by atomic mass is 10.4. The number of hydrogen-bond acceptors (Lipinski definition) is 6. The van der Waals surface area contributed by atoms with Gasteiger partial charge in [-0.1, -0.05) is 0 Å². The largest absolute Gasteiger partial charge is 0.465 e. The molecule has 0 aliphatic rings. The molecule has 0 saturated heterocycles. The predicted molar refractivity (Wildman–Crippen MR) is 53.6 cm³/mol. The highest BCUT2D eigenvalue weighted by molar-refractivity contribution is 7.17. The van der Waals surface area contributed by atoms with Crippen LogP contribution in [0.25, 0.3) is 10.7 Å². The minimum Gasteiger partial charge on any atom is -0.465 e. The Balaban J connectivity index is 2.41. The quantitative estimate of drug-likeness (QED) is 0.770. The molecular formula is C8H8N4O2S. The Labute approximate surface area is 89.3 Å². The smallest absolute Gasteiger partial charge is 0.349 e. The third-order valence-corrected chi connectivity index (χ3v) is 2.96. The Morgan fingerprint density at radius 2 is 2.40 bits per heavy atom. The minimum atomic E-state index is -0.375. The average molecular weight is 224 g/mol. The molecular weight excluding hydrogens is 216 g/mol. The maximum absolute atomic E-state index is 11.3. The number of nitrogens with zero attached hydrogens (tertiary/aromatic N) is 3. The summed E-state index contributed by atoms with van der Waals surface area (Å²) in [7, 11) is 1.34. The molecule has 0 radical (unpaired) electrons. The first-order chi connectivity index (χ1) is 7.22. The van der Waals surface area contributed by atoms with E-state index >= 15 is 0 Å². The zero-order valence-corrected chi connectivity index (χ0v) is 8.96. The zero-order valence-electron chi connectivity index (χ0n) is 8.14. The van der Waals surface area contributed by atoms with Gasteiger partial charge in [0.05, 0.1) is 19.0 Å². The first-order valence-corrected chi connectivity index (χ1v) is 4.96. The number of methoxy groups -OCH3 is 1. The van der Waals surface area contributed by atoms with Gasteiger partial charge in [-0.3, -0.25) is 0 Å². The Morgan fingerprint density at radius 3 is 3.00 bits per heavy atom. The van der Waals surface area contributed by atoms with Crippen LogP contribution >= 0.6 is 11.3 Å². The van der Waals surface area contributed by atoms with Gasteiger partial charge < -0.3 is 4.74 Å². The predicted octanol–water partition coefficient (Wildman–Crippen LogP) is 1.02. The second kappa shape index (κ2) is 3.77. The fraction of sp³-hybridized carbons (Fsp3) is 0.250. The van der Waals surface area contributed by atoms with Gasteiger partial charge in [-0.25, -0.2) is 9.78 Å². The summed E-state index contributed by atoms with van der Waals surface area (Å²) in [4.78, 5) is 16.0. The van der Waals surface area contributed by atoms with Crippen LogP contribution in [0.15, 0.2) is 6.20 Å². The molecule has 15 heavy (non-hydrogen) atoms. The van der Waals surface area contributed by atoms with E-state index in [1.807, 2.05) is 0 Å². The van der Waals surface area contributed by atoms with E-state index in [9.17, 15) is 4.79 Å². The highest BCUT2D eigenvalue weighted by Gasteiger charge is 2.17. The Kier molecular flexibility index (Phi) is 2.46. The second-order valence-electron chi connectivity index (χ2n) is 2.78. The van der Waals surface area contributed by atoms with Gasteiger partial charge >= 0.3 is 5.97 Å². The van der Waals surface area contributed by atoms with Crippen molar-refractivity contribution in [3.63, 3.8) is 0 Å². The summed E-state index contributed by atoms with van der Waals surface area (Å²) >= 11 is 1.24. The van der Waals surface area contributed by atoms with Crippen molar-refractivity contribution in [3.8, 4) is 10.7 Å². The lowest BCUT2D eigenvalue weighted by Gasteiger charge is -1.93. The van der Waals surface area contributed by atoms with E-state index in [0.29, 0.717) is 21.3 Å². The minimum absolute atomic E-state index is 0.375. The number of aromatic amines is 1. The molecule has 2 aromatic rings. The summed E-state index contributed by atoms with van der Waals surface area (Å²) in [5, 5.41) is 10.7. The van der Waals surface area contributed by atoms with Crippen LogP contribution in [-0.4, -0.2) is 33.5 Å². The fourth-order valence-corrected chi connectivity index (χ4v) is 2.03. The summed E-state index contributed by atoms with van der Waals surface area (Å²) in [6.07, 6.45) is 1.55. The van der Waals surface area contributed by atoms with Crippen LogP contribution < -0.4 is 0 Å². The molecule has 2 heterocycles. The molecule has 1 N–H and O–H groups in total. The maximum atomic E-state index is 11.3. The molecule has 2 aromatic heterocycles. The van der Waals surface area contributed by atoms with Crippen molar-refractivity contribution in [1.82, 2.24) is 20.4 Å². The molecule has 0 fully saturated rings. The molecule has 0 amide bonds. The van der Waals surface area contributed by atoms with E-state index in [0.717, 1.165) is 0 Å². The molecule has 0 spiro atoms. The molecule has 0 aliphatic heterocycles. The van der Waals surface area contributed by atoms with Crippen LogP contribution in [0.4, 0.5) is 0 Å². The highest BCUT2D eigenvalue weighted by atomic mass is 32.1. The number of rotatable bonds is 2. The summed E-state index contributed by atoms with van der Waals surface area (Å²) in [5.41, 5.74) is 1.27. The van der Waals surface area contributed by atoms with E-state index in [-0.39, 0.29) is 5.97 Å². The Hall–Kier alpha value is -1.76. The van der Waals surface area contributed by atoms with Crippen molar-refractivity contribution in [3.05, 3.63) is 16.8 Å². The van der Waals surface area contributed by atoms with Crippen LogP contribution in [-0.2, 0) is 4.74 Å². The van der Waals surface area contributed by atoms with Crippen LogP contribution in [0.3, 0.4) is 0 Å². The van der Waals surface area contributed by atoms with Gasteiger partial charge in [0.15, 0.2) is 0 Å². The first kappa shape index (κ1) is 9.78. The van der Waals surface area contributed by atoms with E-state index < -0.39 is 0 Å². The van der Waals surface area contributed by atoms with Crippen molar-refractivity contribution in [2.75, 3.05) is 7.11 Å². The molecule has 0 atom stereocenters. The van der Waals surface area contributed by atoms with Crippen LogP contribution in [0.5, 0.6) is 0 Å². The number of aromatic nitrogens is 4. The normalized spacial score (nSPS) is 10.3. The molecule has 6 nitrogen and oxygen atoms in total. The van der Waals surface area contributed by atoms with Crippen molar-refractivity contribution in [2.45, 2.75) is 6.92 Å². The second-order valence-corrected chi connectivity index (χ2v) is 3.78. The van der Waals surface area contributed by atoms with Crippen LogP contribution in [0.1, 0.15) is 15.4 Å². The summed E-state index contributed by atoms with van der Waals surface area (Å²) in [5.74, 6) is -0.375. The monoisotopic (exact) mass is 224 g/mol. The van der Waals surface area contributed by atoms with E-state index in [2.05, 4.69) is 25.1 Å². The molecule has 0 aliphatic carbocycles. The Bertz CT molecular complexity index is 477. The Morgan fingerprint density at radius 1 is 1.60 bits per heavy atom. The molecule has 7 heteroatoms. The topological polar surface area (TPSA) is 80.8 Å². The van der Waals surface area contributed by atoms with Gasteiger partial charge in [-0.15, -0.1) is 11.3 Å². The third kappa shape index (κ3) is 1.73. The standard InChI is InChI=1S/C8H8N4O2S/c1-4-6(8(13)14-2)15-7(10-4)5-3-9-12-11-5/h3H,1-2H3,(H,9,11,12). The SMILES string of the molecule is COC(=O)c1sc(-c2cn[nH]n2)nc1C. The molecule has 2 rings (SSSR count). The van der Waals surface area contributed by atoms with E-state index in [1.54, 1.807) is 13.1 Å². The highest BCUT2D eigenvalue weighted by Crippen LogP contribution is 2.26. The average Bonchev–Trinajstić information content (AvgIpc) is 2.84. The van der Waals surface area contributed by atoms with Gasteiger partial charge in [0, 0.05) is 0 Å². The first-order valence-electron chi connectivity index (χ1n) is 4.14. The van der Waals surface area contributed by atoms with Gasteiger partial charge in [0.1, 0.15) is 15.6 Å². The van der Waals surface area contributed by atoms with Crippen molar-refractivity contribution in [1.29, 1.82) is 0 Å². The van der Waals surface area contributed by atoms with Gasteiger partial charge in [-0.2, -0.15) is 15.4 Å². The lowest BCUT2D eigenvalue weighted by molar-refractivity contribution is 0.0605.